The minimum Gasteiger partial charge on any atom is -0.394 e. The number of nitrogens with one attached hydrogen (secondary N) is 1. The number of fused-ring (bicyclic) bond motifs is 1. The first kappa shape index (κ1) is 15.1. The van der Waals surface area contributed by atoms with E-state index in [1.807, 2.05) is 37.5 Å². The molecule has 124 valence electrons. The summed E-state index contributed by atoms with van der Waals surface area (Å²) < 4.78 is 1.71. The first-order valence-electron chi connectivity index (χ1n) is 7.88. The van der Waals surface area contributed by atoms with Crippen LogP contribution in [-0.2, 0) is 13.6 Å². The maximum atomic E-state index is 6.01. The molecule has 0 saturated heterocycles. The smallest absolute Gasteiger partial charge is 0.164 e. The van der Waals surface area contributed by atoms with Gasteiger partial charge in [0.25, 0.3) is 0 Å². The second-order valence-corrected chi connectivity index (χ2v) is 5.78. The van der Waals surface area contributed by atoms with Crippen molar-refractivity contribution in [3.05, 3.63) is 60.7 Å². The molecular formula is C18H17N7. The number of aryl methyl sites for hydroxylation is 1. The van der Waals surface area contributed by atoms with Gasteiger partial charge in [0.05, 0.1) is 29.2 Å². The number of anilines is 2. The van der Waals surface area contributed by atoms with Crippen molar-refractivity contribution in [2.75, 3.05) is 11.1 Å². The van der Waals surface area contributed by atoms with Crippen molar-refractivity contribution in [1.82, 2.24) is 24.7 Å². The highest BCUT2D eigenvalue weighted by molar-refractivity contribution is 5.79. The van der Waals surface area contributed by atoms with Crippen LogP contribution in [0.25, 0.3) is 22.3 Å². The largest absolute Gasteiger partial charge is 0.394 e. The lowest BCUT2D eigenvalue weighted by Crippen LogP contribution is -2.06. The van der Waals surface area contributed by atoms with Gasteiger partial charge in [-0.25, -0.2) is 9.97 Å². The van der Waals surface area contributed by atoms with E-state index in [9.17, 15) is 0 Å². The third kappa shape index (κ3) is 3.12. The summed E-state index contributed by atoms with van der Waals surface area (Å²) in [5.41, 5.74) is 9.47. The molecular weight excluding hydrogens is 314 g/mol. The van der Waals surface area contributed by atoms with Crippen LogP contribution in [0.2, 0.25) is 0 Å². The van der Waals surface area contributed by atoms with Gasteiger partial charge in [0.1, 0.15) is 0 Å². The van der Waals surface area contributed by atoms with Crippen molar-refractivity contribution in [2.24, 2.45) is 7.05 Å². The Labute approximate surface area is 144 Å². The Kier molecular flexibility index (Phi) is 3.74. The van der Waals surface area contributed by atoms with Crippen molar-refractivity contribution in [2.45, 2.75) is 6.54 Å². The van der Waals surface area contributed by atoms with Crippen molar-refractivity contribution in [1.29, 1.82) is 0 Å². The summed E-state index contributed by atoms with van der Waals surface area (Å²) in [7, 11) is 1.86. The summed E-state index contributed by atoms with van der Waals surface area (Å²) in [5, 5.41) is 8.54. The molecule has 3 heterocycles. The summed E-state index contributed by atoms with van der Waals surface area (Å²) in [6.45, 7) is 0.610. The molecule has 0 radical (unpaired) electrons. The van der Waals surface area contributed by atoms with E-state index in [0.717, 1.165) is 22.0 Å². The van der Waals surface area contributed by atoms with Gasteiger partial charge in [0.15, 0.2) is 11.6 Å². The normalized spacial score (nSPS) is 10.9. The Morgan fingerprint density at radius 3 is 2.92 bits per heavy atom. The van der Waals surface area contributed by atoms with Crippen LogP contribution in [0.1, 0.15) is 5.56 Å². The van der Waals surface area contributed by atoms with E-state index in [4.69, 9.17) is 5.73 Å². The van der Waals surface area contributed by atoms with Crippen LogP contribution < -0.4 is 11.1 Å². The molecule has 0 aliphatic rings. The summed E-state index contributed by atoms with van der Waals surface area (Å²) in [6.07, 6.45) is 7.00. The van der Waals surface area contributed by atoms with Crippen molar-refractivity contribution >= 4 is 22.4 Å². The predicted octanol–water partition coefficient (Wildman–Crippen LogP) is 2.62. The van der Waals surface area contributed by atoms with Crippen LogP contribution in [0.3, 0.4) is 0 Å². The predicted molar refractivity (Wildman–Crippen MR) is 97.7 cm³/mol. The molecule has 0 atom stereocenters. The molecule has 4 aromatic rings. The zero-order valence-electron chi connectivity index (χ0n) is 13.7. The molecule has 1 aromatic carbocycles. The molecule has 0 saturated carbocycles. The van der Waals surface area contributed by atoms with Crippen LogP contribution in [0, 0.1) is 0 Å². The zero-order valence-corrected chi connectivity index (χ0v) is 13.7. The molecule has 0 bridgehead atoms. The lowest BCUT2D eigenvalue weighted by atomic mass is 10.1. The summed E-state index contributed by atoms with van der Waals surface area (Å²) in [5.74, 6) is 1.20. The molecule has 0 fully saturated rings. The van der Waals surface area contributed by atoms with Crippen LogP contribution in [-0.4, -0.2) is 24.7 Å². The number of rotatable bonds is 4. The lowest BCUT2D eigenvalue weighted by molar-refractivity contribution is 0.768. The molecule has 0 aliphatic heterocycles. The fourth-order valence-corrected chi connectivity index (χ4v) is 2.63. The molecule has 3 N–H and O–H groups in total. The van der Waals surface area contributed by atoms with E-state index in [-0.39, 0.29) is 0 Å². The summed E-state index contributed by atoms with van der Waals surface area (Å²) in [6, 6.07) is 10.1. The molecule has 3 aromatic heterocycles. The first-order valence-corrected chi connectivity index (χ1v) is 7.88. The Bertz CT molecular complexity index is 1040. The van der Waals surface area contributed by atoms with Gasteiger partial charge in [-0.1, -0.05) is 12.1 Å². The minimum atomic E-state index is 0.509. The Morgan fingerprint density at radius 2 is 2.08 bits per heavy atom. The number of nitrogen functional groups attached to an aromatic ring is 1. The SMILES string of the molecule is Cn1cc(-c2ncc(N)c(NCc3ccc4ncccc4c3)n2)cn1. The molecule has 0 spiro atoms. The van der Waals surface area contributed by atoms with Gasteiger partial charge in [0, 0.05) is 31.4 Å². The van der Waals surface area contributed by atoms with Gasteiger partial charge in [0.2, 0.25) is 0 Å². The molecule has 0 aliphatic carbocycles. The maximum absolute atomic E-state index is 6.01. The quantitative estimate of drug-likeness (QED) is 0.597. The number of aromatic nitrogens is 5. The van der Waals surface area contributed by atoms with E-state index < -0.39 is 0 Å². The van der Waals surface area contributed by atoms with E-state index in [2.05, 4.69) is 31.4 Å². The average Bonchev–Trinajstić information content (AvgIpc) is 3.07. The number of hydrogen-bond acceptors (Lipinski definition) is 6. The molecule has 7 nitrogen and oxygen atoms in total. The van der Waals surface area contributed by atoms with Gasteiger partial charge in [-0.05, 0) is 23.8 Å². The molecule has 7 heteroatoms. The zero-order chi connectivity index (χ0) is 17.2. The average molecular weight is 331 g/mol. The van der Waals surface area contributed by atoms with Crippen LogP contribution in [0.15, 0.2) is 55.1 Å². The minimum absolute atomic E-state index is 0.509. The fraction of sp³-hybridized carbons (Fsp3) is 0.111. The number of hydrogen-bond donors (Lipinski definition) is 2. The highest BCUT2D eigenvalue weighted by atomic mass is 15.2. The topological polar surface area (TPSA) is 94.5 Å². The summed E-state index contributed by atoms with van der Waals surface area (Å²) >= 11 is 0. The number of pyridine rings is 1. The van der Waals surface area contributed by atoms with Crippen LogP contribution in [0.5, 0.6) is 0 Å². The number of nitrogens with two attached hydrogens (primary N) is 1. The molecule has 4 rings (SSSR count). The number of benzene rings is 1. The Hall–Kier alpha value is -3.48. The van der Waals surface area contributed by atoms with E-state index in [1.165, 1.54) is 0 Å². The van der Waals surface area contributed by atoms with Gasteiger partial charge < -0.3 is 11.1 Å². The first-order chi connectivity index (χ1) is 12.2. The highest BCUT2D eigenvalue weighted by Gasteiger charge is 2.08. The van der Waals surface area contributed by atoms with E-state index in [0.29, 0.717) is 23.9 Å². The van der Waals surface area contributed by atoms with Gasteiger partial charge in [-0.3, -0.25) is 9.67 Å². The number of nitrogens with zero attached hydrogens (tertiary/aromatic N) is 5. The Balaban J connectivity index is 1.57. The van der Waals surface area contributed by atoms with Crippen molar-refractivity contribution < 1.29 is 0 Å². The van der Waals surface area contributed by atoms with Crippen LogP contribution in [0.4, 0.5) is 11.5 Å². The molecule has 0 amide bonds. The molecule has 0 unspecified atom stereocenters. The second kappa shape index (κ2) is 6.20. The summed E-state index contributed by atoms with van der Waals surface area (Å²) in [4.78, 5) is 13.1. The fourth-order valence-electron chi connectivity index (χ4n) is 2.63. The van der Waals surface area contributed by atoms with Crippen LogP contribution >= 0.6 is 0 Å². The van der Waals surface area contributed by atoms with Gasteiger partial charge >= 0.3 is 0 Å². The highest BCUT2D eigenvalue weighted by Crippen LogP contribution is 2.21. The Morgan fingerprint density at radius 1 is 1.16 bits per heavy atom. The second-order valence-electron chi connectivity index (χ2n) is 5.78. The van der Waals surface area contributed by atoms with E-state index >= 15 is 0 Å². The lowest BCUT2D eigenvalue weighted by Gasteiger charge is -2.10. The third-order valence-electron chi connectivity index (χ3n) is 3.91. The van der Waals surface area contributed by atoms with Gasteiger partial charge in [-0.15, -0.1) is 0 Å². The third-order valence-corrected chi connectivity index (χ3v) is 3.91. The standard InChI is InChI=1S/C18H17N7/c1-25-11-14(9-23-25)17-22-10-15(19)18(24-17)21-8-12-4-5-16-13(7-12)3-2-6-20-16/h2-7,9-11H,8,19H2,1H3,(H,21,22,24). The molecule has 25 heavy (non-hydrogen) atoms. The van der Waals surface area contributed by atoms with Gasteiger partial charge in [-0.2, -0.15) is 5.10 Å². The monoisotopic (exact) mass is 331 g/mol. The van der Waals surface area contributed by atoms with E-state index in [1.54, 1.807) is 23.3 Å². The maximum Gasteiger partial charge on any atom is 0.164 e. The van der Waals surface area contributed by atoms with Crippen molar-refractivity contribution in [3.8, 4) is 11.4 Å². The van der Waals surface area contributed by atoms with Crippen molar-refractivity contribution in [3.63, 3.8) is 0 Å².